The zero-order chi connectivity index (χ0) is 20.8. The molecule has 0 saturated carbocycles. The molecule has 2 aromatic carbocycles. The summed E-state index contributed by atoms with van der Waals surface area (Å²) >= 11 is 3.41. The van der Waals surface area contributed by atoms with Crippen molar-refractivity contribution in [2.75, 3.05) is 45.2 Å². The van der Waals surface area contributed by atoms with Crippen molar-refractivity contribution in [2.45, 2.75) is 13.5 Å². The summed E-state index contributed by atoms with van der Waals surface area (Å²) in [6.45, 7) is 5.98. The fourth-order valence-corrected chi connectivity index (χ4v) is 3.76. The number of halogens is 1. The second-order valence-corrected chi connectivity index (χ2v) is 8.17. The largest absolute Gasteiger partial charge is 0.379 e. The Morgan fingerprint density at radius 1 is 1.17 bits per heavy atom. The van der Waals surface area contributed by atoms with Gasteiger partial charge < -0.3 is 15.0 Å². The fourth-order valence-electron chi connectivity index (χ4n) is 3.28. The molecule has 2 amide bonds. The van der Waals surface area contributed by atoms with Crippen LogP contribution in [0.3, 0.4) is 0 Å². The highest BCUT2D eigenvalue weighted by Gasteiger charge is 2.17. The van der Waals surface area contributed by atoms with E-state index in [9.17, 15) is 9.59 Å². The molecule has 1 aliphatic rings. The third-order valence-corrected chi connectivity index (χ3v) is 5.37. The molecule has 0 radical (unpaired) electrons. The van der Waals surface area contributed by atoms with Gasteiger partial charge in [-0.25, -0.2) is 0 Å². The van der Waals surface area contributed by atoms with Crippen molar-refractivity contribution in [2.24, 2.45) is 0 Å². The molecule has 1 heterocycles. The molecular formula is C22H26BrN3O3. The second-order valence-electron chi connectivity index (χ2n) is 7.26. The SMILES string of the molecule is Cc1cc(Br)ccc1NC(=O)CN(C)C(=O)c1cccc(CN2CCOCC2)c1. The third-order valence-electron chi connectivity index (χ3n) is 4.87. The van der Waals surface area contributed by atoms with Gasteiger partial charge in [0.15, 0.2) is 0 Å². The molecule has 0 bridgehead atoms. The standard InChI is InChI=1S/C22H26BrN3O3/c1-16-12-19(23)6-7-20(16)24-21(27)15-25(2)22(28)18-5-3-4-17(13-18)14-26-8-10-29-11-9-26/h3-7,12-13H,8-11,14-15H2,1-2H3,(H,24,27). The van der Waals surface area contributed by atoms with Crippen molar-refractivity contribution in [3.63, 3.8) is 0 Å². The van der Waals surface area contributed by atoms with E-state index in [-0.39, 0.29) is 18.4 Å². The average Bonchev–Trinajstić information content (AvgIpc) is 2.70. The molecule has 29 heavy (non-hydrogen) atoms. The first-order valence-electron chi connectivity index (χ1n) is 9.63. The Morgan fingerprint density at radius 2 is 1.93 bits per heavy atom. The number of anilines is 1. The number of ether oxygens (including phenoxy) is 1. The van der Waals surface area contributed by atoms with Crippen molar-refractivity contribution in [1.82, 2.24) is 9.80 Å². The maximum absolute atomic E-state index is 12.8. The van der Waals surface area contributed by atoms with E-state index < -0.39 is 0 Å². The molecule has 6 nitrogen and oxygen atoms in total. The summed E-state index contributed by atoms with van der Waals surface area (Å²) in [5.41, 5.74) is 3.37. The first-order valence-corrected chi connectivity index (χ1v) is 10.4. The maximum Gasteiger partial charge on any atom is 0.254 e. The highest BCUT2D eigenvalue weighted by atomic mass is 79.9. The number of benzene rings is 2. The Morgan fingerprint density at radius 3 is 2.66 bits per heavy atom. The summed E-state index contributed by atoms with van der Waals surface area (Å²) < 4.78 is 6.34. The Balaban J connectivity index is 1.59. The molecule has 2 aromatic rings. The van der Waals surface area contributed by atoms with E-state index in [1.807, 2.05) is 43.3 Å². The summed E-state index contributed by atoms with van der Waals surface area (Å²) in [6, 6.07) is 13.3. The first-order chi connectivity index (χ1) is 13.9. The summed E-state index contributed by atoms with van der Waals surface area (Å²) in [5.74, 6) is -0.396. The molecule has 154 valence electrons. The van der Waals surface area contributed by atoms with Crippen LogP contribution in [-0.4, -0.2) is 61.5 Å². The molecule has 1 saturated heterocycles. The number of hydrogen-bond acceptors (Lipinski definition) is 4. The Labute approximate surface area is 180 Å². The first kappa shape index (κ1) is 21.5. The number of carbonyl (C=O) groups excluding carboxylic acids is 2. The van der Waals surface area contributed by atoms with Crippen LogP contribution < -0.4 is 5.32 Å². The van der Waals surface area contributed by atoms with Crippen molar-refractivity contribution in [3.8, 4) is 0 Å². The van der Waals surface area contributed by atoms with Gasteiger partial charge in [-0.05, 0) is 48.4 Å². The molecule has 7 heteroatoms. The van der Waals surface area contributed by atoms with Crippen LogP contribution in [0.4, 0.5) is 5.69 Å². The van der Waals surface area contributed by atoms with Crippen LogP contribution in [0.25, 0.3) is 0 Å². The normalized spacial score (nSPS) is 14.4. The van der Waals surface area contributed by atoms with Crippen LogP contribution in [0.15, 0.2) is 46.9 Å². The minimum atomic E-state index is -0.226. The van der Waals surface area contributed by atoms with Gasteiger partial charge in [-0.15, -0.1) is 0 Å². The Bertz CT molecular complexity index is 881. The zero-order valence-corrected chi connectivity index (χ0v) is 18.4. The summed E-state index contributed by atoms with van der Waals surface area (Å²) in [6.07, 6.45) is 0. The summed E-state index contributed by atoms with van der Waals surface area (Å²) in [5, 5.41) is 2.87. The van der Waals surface area contributed by atoms with Gasteiger partial charge in [0.1, 0.15) is 0 Å². The number of aryl methyl sites for hydroxylation is 1. The predicted octanol–water partition coefficient (Wildman–Crippen LogP) is 3.30. The molecule has 1 fully saturated rings. The average molecular weight is 460 g/mol. The number of nitrogens with zero attached hydrogens (tertiary/aromatic N) is 2. The number of morpholine rings is 1. The molecule has 0 spiro atoms. The van der Waals surface area contributed by atoms with Crippen LogP contribution in [0.5, 0.6) is 0 Å². The van der Waals surface area contributed by atoms with Crippen LogP contribution in [-0.2, 0) is 16.1 Å². The number of carbonyl (C=O) groups is 2. The molecule has 1 N–H and O–H groups in total. The number of likely N-dealkylation sites (N-methyl/N-ethyl adjacent to an activating group) is 1. The van der Waals surface area contributed by atoms with Crippen molar-refractivity contribution in [1.29, 1.82) is 0 Å². The lowest BCUT2D eigenvalue weighted by molar-refractivity contribution is -0.116. The summed E-state index contributed by atoms with van der Waals surface area (Å²) in [7, 11) is 1.64. The van der Waals surface area contributed by atoms with Gasteiger partial charge >= 0.3 is 0 Å². The lowest BCUT2D eigenvalue weighted by atomic mass is 10.1. The van der Waals surface area contributed by atoms with Gasteiger partial charge in [-0.1, -0.05) is 28.1 Å². The molecule has 0 aliphatic carbocycles. The quantitative estimate of drug-likeness (QED) is 0.719. The van der Waals surface area contributed by atoms with Gasteiger partial charge in [0, 0.05) is 42.4 Å². The molecule has 0 unspecified atom stereocenters. The van der Waals surface area contributed by atoms with Gasteiger partial charge in [0.05, 0.1) is 19.8 Å². The van der Waals surface area contributed by atoms with Gasteiger partial charge in [-0.2, -0.15) is 0 Å². The zero-order valence-electron chi connectivity index (χ0n) is 16.8. The Kier molecular flexibility index (Phi) is 7.41. The van der Waals surface area contributed by atoms with Crippen molar-refractivity contribution < 1.29 is 14.3 Å². The fraction of sp³-hybridized carbons (Fsp3) is 0.364. The van der Waals surface area contributed by atoms with Crippen molar-refractivity contribution in [3.05, 3.63) is 63.6 Å². The van der Waals surface area contributed by atoms with Crippen molar-refractivity contribution >= 4 is 33.4 Å². The summed E-state index contributed by atoms with van der Waals surface area (Å²) in [4.78, 5) is 28.9. The monoisotopic (exact) mass is 459 g/mol. The third kappa shape index (κ3) is 6.13. The van der Waals surface area contributed by atoms with E-state index in [2.05, 4.69) is 26.1 Å². The number of nitrogens with one attached hydrogen (secondary N) is 1. The van der Waals surface area contributed by atoms with Crippen LogP contribution >= 0.6 is 15.9 Å². The molecule has 3 rings (SSSR count). The van der Waals surface area contributed by atoms with E-state index in [0.29, 0.717) is 5.56 Å². The van der Waals surface area contributed by atoms with Gasteiger partial charge in [0.2, 0.25) is 5.91 Å². The molecule has 1 aliphatic heterocycles. The molecule has 0 atom stereocenters. The topological polar surface area (TPSA) is 61.9 Å². The van der Waals surface area contributed by atoms with E-state index in [4.69, 9.17) is 4.74 Å². The van der Waals surface area contributed by atoms with E-state index in [0.717, 1.165) is 54.1 Å². The second kappa shape index (κ2) is 10.0. The maximum atomic E-state index is 12.8. The number of hydrogen-bond donors (Lipinski definition) is 1. The van der Waals surface area contributed by atoms with E-state index in [1.165, 1.54) is 4.90 Å². The van der Waals surface area contributed by atoms with Crippen LogP contribution in [0, 0.1) is 6.92 Å². The van der Waals surface area contributed by atoms with Gasteiger partial charge in [0.25, 0.3) is 5.91 Å². The predicted molar refractivity (Wildman–Crippen MR) is 117 cm³/mol. The van der Waals surface area contributed by atoms with E-state index in [1.54, 1.807) is 13.1 Å². The molecular weight excluding hydrogens is 434 g/mol. The van der Waals surface area contributed by atoms with Crippen LogP contribution in [0.2, 0.25) is 0 Å². The lowest BCUT2D eigenvalue weighted by Crippen LogP contribution is -2.36. The van der Waals surface area contributed by atoms with E-state index >= 15 is 0 Å². The number of rotatable bonds is 6. The van der Waals surface area contributed by atoms with Crippen LogP contribution in [0.1, 0.15) is 21.5 Å². The Hall–Kier alpha value is -2.22. The number of amides is 2. The lowest BCUT2D eigenvalue weighted by Gasteiger charge is -2.26. The molecule has 0 aromatic heterocycles. The van der Waals surface area contributed by atoms with Gasteiger partial charge in [-0.3, -0.25) is 14.5 Å². The highest BCUT2D eigenvalue weighted by molar-refractivity contribution is 9.10. The minimum absolute atomic E-state index is 0.0119. The smallest absolute Gasteiger partial charge is 0.254 e. The highest BCUT2D eigenvalue weighted by Crippen LogP contribution is 2.20. The minimum Gasteiger partial charge on any atom is -0.379 e.